The molecule has 132 valence electrons. The van der Waals surface area contributed by atoms with E-state index < -0.39 is 0 Å². The van der Waals surface area contributed by atoms with Crippen molar-refractivity contribution in [1.82, 2.24) is 14.8 Å². The second kappa shape index (κ2) is 7.47. The third kappa shape index (κ3) is 3.86. The Morgan fingerprint density at radius 1 is 1.08 bits per heavy atom. The van der Waals surface area contributed by atoms with E-state index in [0.717, 1.165) is 0 Å². The Bertz CT molecular complexity index is 937. The van der Waals surface area contributed by atoms with Gasteiger partial charge in [-0.05, 0) is 24.3 Å². The molecule has 3 rings (SSSR count). The smallest absolute Gasteiger partial charge is 0.258 e. The van der Waals surface area contributed by atoms with Crippen LogP contribution in [0.15, 0.2) is 55.1 Å². The molecule has 0 spiro atoms. The molecule has 0 radical (unpaired) electrons. The quantitative estimate of drug-likeness (QED) is 0.735. The summed E-state index contributed by atoms with van der Waals surface area (Å²) in [7, 11) is 3.22. The number of nitrogens with zero attached hydrogens (tertiary/aromatic N) is 3. The minimum absolute atomic E-state index is 0.285. The number of methoxy groups -OCH3 is 1. The van der Waals surface area contributed by atoms with Crippen molar-refractivity contribution in [3.05, 3.63) is 66.2 Å². The monoisotopic (exact) mass is 351 g/mol. The normalized spacial score (nSPS) is 10.2. The Labute approximate surface area is 149 Å². The minimum Gasteiger partial charge on any atom is -0.494 e. The van der Waals surface area contributed by atoms with Crippen molar-refractivity contribution in [1.29, 1.82) is 0 Å². The van der Waals surface area contributed by atoms with Crippen molar-refractivity contribution in [2.75, 3.05) is 17.7 Å². The van der Waals surface area contributed by atoms with Crippen LogP contribution in [0, 0.1) is 0 Å². The molecule has 0 aliphatic heterocycles. The number of hydrogen-bond donors (Lipinski definition) is 2. The summed E-state index contributed by atoms with van der Waals surface area (Å²) in [5.41, 5.74) is 1.90. The molecule has 26 heavy (non-hydrogen) atoms. The predicted molar refractivity (Wildman–Crippen MR) is 96.3 cm³/mol. The molecule has 8 heteroatoms. The highest BCUT2D eigenvalue weighted by atomic mass is 16.5. The van der Waals surface area contributed by atoms with Gasteiger partial charge in [0.2, 0.25) is 0 Å². The number of benzene rings is 1. The number of pyridine rings is 1. The van der Waals surface area contributed by atoms with Gasteiger partial charge in [-0.15, -0.1) is 0 Å². The Balaban J connectivity index is 1.75. The summed E-state index contributed by atoms with van der Waals surface area (Å²) in [6.07, 6.45) is 6.17. The van der Waals surface area contributed by atoms with Crippen LogP contribution in [0.1, 0.15) is 20.7 Å². The van der Waals surface area contributed by atoms with Crippen LogP contribution in [0.5, 0.6) is 5.75 Å². The predicted octanol–water partition coefficient (Wildman–Crippen LogP) is 2.33. The molecule has 0 unspecified atom stereocenters. The molecule has 2 amide bonds. The number of anilines is 2. The lowest BCUT2D eigenvalue weighted by atomic mass is 10.2. The molecule has 0 aliphatic rings. The lowest BCUT2D eigenvalue weighted by Crippen LogP contribution is -2.14. The maximum atomic E-state index is 12.2. The molecule has 0 aliphatic carbocycles. The third-order valence-electron chi connectivity index (χ3n) is 3.60. The molecule has 3 aromatic rings. The highest BCUT2D eigenvalue weighted by Crippen LogP contribution is 2.28. The maximum absolute atomic E-state index is 12.2. The second-order valence-electron chi connectivity index (χ2n) is 5.47. The van der Waals surface area contributed by atoms with Gasteiger partial charge >= 0.3 is 0 Å². The van der Waals surface area contributed by atoms with Crippen molar-refractivity contribution in [2.45, 2.75) is 0 Å². The second-order valence-corrected chi connectivity index (χ2v) is 5.47. The van der Waals surface area contributed by atoms with Crippen molar-refractivity contribution in [3.8, 4) is 5.75 Å². The summed E-state index contributed by atoms with van der Waals surface area (Å²) < 4.78 is 6.86. The van der Waals surface area contributed by atoms with E-state index in [1.54, 1.807) is 54.5 Å². The zero-order valence-electron chi connectivity index (χ0n) is 14.3. The molecule has 0 saturated heterocycles. The van der Waals surface area contributed by atoms with E-state index in [1.807, 2.05) is 0 Å². The summed E-state index contributed by atoms with van der Waals surface area (Å²) in [5.74, 6) is -0.165. The van der Waals surface area contributed by atoms with E-state index in [0.29, 0.717) is 28.3 Å². The molecule has 0 atom stereocenters. The van der Waals surface area contributed by atoms with E-state index in [9.17, 15) is 9.59 Å². The molecular formula is C18H17N5O3. The molecular weight excluding hydrogens is 334 g/mol. The average molecular weight is 351 g/mol. The highest BCUT2D eigenvalue weighted by Gasteiger charge is 2.13. The van der Waals surface area contributed by atoms with Gasteiger partial charge in [0.1, 0.15) is 5.75 Å². The molecule has 8 nitrogen and oxygen atoms in total. The van der Waals surface area contributed by atoms with E-state index in [2.05, 4.69) is 20.7 Å². The molecule has 2 N–H and O–H groups in total. The summed E-state index contributed by atoms with van der Waals surface area (Å²) in [6, 6.07) is 8.31. The lowest BCUT2D eigenvalue weighted by molar-refractivity contribution is 0.101. The van der Waals surface area contributed by atoms with Gasteiger partial charge in [0.05, 0.1) is 30.1 Å². The van der Waals surface area contributed by atoms with Crippen molar-refractivity contribution >= 4 is 23.2 Å². The van der Waals surface area contributed by atoms with Gasteiger partial charge < -0.3 is 15.4 Å². The Hall–Kier alpha value is -3.68. The number of ether oxygens (including phenoxy) is 1. The first-order valence-corrected chi connectivity index (χ1v) is 7.76. The van der Waals surface area contributed by atoms with Gasteiger partial charge in [-0.1, -0.05) is 0 Å². The number of amides is 2. The lowest BCUT2D eigenvalue weighted by Gasteiger charge is -2.12. The Morgan fingerprint density at radius 2 is 1.88 bits per heavy atom. The highest BCUT2D eigenvalue weighted by molar-refractivity contribution is 6.06. The van der Waals surface area contributed by atoms with Crippen LogP contribution in [-0.2, 0) is 7.05 Å². The van der Waals surface area contributed by atoms with Gasteiger partial charge in [-0.2, -0.15) is 5.10 Å². The Morgan fingerprint density at radius 3 is 2.54 bits per heavy atom. The van der Waals surface area contributed by atoms with Crippen molar-refractivity contribution in [2.24, 2.45) is 7.05 Å². The molecule has 2 heterocycles. The van der Waals surface area contributed by atoms with Gasteiger partial charge in [0, 0.05) is 37.4 Å². The minimum atomic E-state index is -0.302. The maximum Gasteiger partial charge on any atom is 0.258 e. The summed E-state index contributed by atoms with van der Waals surface area (Å²) in [4.78, 5) is 28.4. The van der Waals surface area contributed by atoms with Crippen LogP contribution in [0.3, 0.4) is 0 Å². The number of nitrogens with one attached hydrogen (secondary N) is 2. The summed E-state index contributed by atoms with van der Waals surface area (Å²) >= 11 is 0. The van der Waals surface area contributed by atoms with E-state index in [1.165, 1.54) is 19.5 Å². The van der Waals surface area contributed by atoms with E-state index in [-0.39, 0.29) is 11.8 Å². The van der Waals surface area contributed by atoms with Crippen LogP contribution in [0.4, 0.5) is 11.4 Å². The molecule has 0 fully saturated rings. The van der Waals surface area contributed by atoms with Crippen LogP contribution >= 0.6 is 0 Å². The number of carbonyl (C=O) groups is 2. The Kier molecular flexibility index (Phi) is 4.93. The zero-order chi connectivity index (χ0) is 18.5. The van der Waals surface area contributed by atoms with E-state index >= 15 is 0 Å². The third-order valence-corrected chi connectivity index (χ3v) is 3.60. The first-order valence-electron chi connectivity index (χ1n) is 7.76. The van der Waals surface area contributed by atoms with Crippen molar-refractivity contribution < 1.29 is 14.3 Å². The van der Waals surface area contributed by atoms with Crippen molar-refractivity contribution in [3.63, 3.8) is 0 Å². The fourth-order valence-electron chi connectivity index (χ4n) is 2.31. The SMILES string of the molecule is COc1cc(NC(=O)c2cnn(C)c2)ccc1NC(=O)c1cccnc1. The molecule has 0 bridgehead atoms. The van der Waals surface area contributed by atoms with Gasteiger partial charge in [0.15, 0.2) is 0 Å². The van der Waals surface area contributed by atoms with Gasteiger partial charge in [-0.3, -0.25) is 19.3 Å². The topological polar surface area (TPSA) is 98.1 Å². The number of aryl methyl sites for hydroxylation is 1. The fourth-order valence-corrected chi connectivity index (χ4v) is 2.31. The summed E-state index contributed by atoms with van der Waals surface area (Å²) in [5, 5.41) is 9.49. The number of hydrogen-bond acceptors (Lipinski definition) is 5. The largest absolute Gasteiger partial charge is 0.494 e. The number of rotatable bonds is 5. The standard InChI is InChI=1S/C18H17N5O3/c1-23-11-13(10-20-23)18(25)21-14-5-6-15(16(8-14)26-2)22-17(24)12-4-3-7-19-9-12/h3-11H,1-2H3,(H,21,25)(H,22,24). The van der Waals surface area contributed by atoms with Gasteiger partial charge in [-0.25, -0.2) is 0 Å². The number of carbonyl (C=O) groups excluding carboxylic acids is 2. The first kappa shape index (κ1) is 17.2. The van der Waals surface area contributed by atoms with Crippen LogP contribution in [-0.4, -0.2) is 33.7 Å². The van der Waals surface area contributed by atoms with Crippen LogP contribution in [0.25, 0.3) is 0 Å². The zero-order valence-corrected chi connectivity index (χ0v) is 14.3. The molecule has 2 aromatic heterocycles. The van der Waals surface area contributed by atoms with E-state index in [4.69, 9.17) is 4.74 Å². The van der Waals surface area contributed by atoms with Gasteiger partial charge in [0.25, 0.3) is 11.8 Å². The number of aromatic nitrogens is 3. The molecule has 0 saturated carbocycles. The fraction of sp³-hybridized carbons (Fsp3) is 0.111. The van der Waals surface area contributed by atoms with Crippen LogP contribution < -0.4 is 15.4 Å². The first-order chi connectivity index (χ1) is 12.6. The van der Waals surface area contributed by atoms with Crippen LogP contribution in [0.2, 0.25) is 0 Å². The summed E-state index contributed by atoms with van der Waals surface area (Å²) in [6.45, 7) is 0. The average Bonchev–Trinajstić information content (AvgIpc) is 3.10. The molecule has 1 aromatic carbocycles.